The topological polar surface area (TPSA) is 22.3 Å². The minimum atomic E-state index is -0.221. The van der Waals surface area contributed by atoms with E-state index in [4.69, 9.17) is 9.47 Å². The Balaban J connectivity index is 1.66. The maximum atomic E-state index is 5.96. The molecule has 3 nitrogen and oxygen atoms in total. The molecule has 0 spiro atoms. The zero-order valence-corrected chi connectivity index (χ0v) is 13.8. The fraction of sp³-hybridized carbons (Fsp3) is 0.350. The van der Waals surface area contributed by atoms with E-state index >= 15 is 0 Å². The highest BCUT2D eigenvalue weighted by Crippen LogP contribution is 2.27. The Morgan fingerprint density at radius 2 is 1.70 bits per heavy atom. The minimum absolute atomic E-state index is 0.221. The SMILES string of the molecule is CCC1CCOC(c2ccc(C=Cc3cc[n+](C)cc3)cc2)O1. The first kappa shape index (κ1) is 15.9. The van der Waals surface area contributed by atoms with Crippen molar-refractivity contribution in [3.63, 3.8) is 0 Å². The second kappa shape index (κ2) is 7.53. The first-order chi connectivity index (χ1) is 11.2. The molecule has 2 heterocycles. The van der Waals surface area contributed by atoms with Gasteiger partial charge in [0.1, 0.15) is 7.05 Å². The lowest BCUT2D eigenvalue weighted by atomic mass is 10.1. The number of hydrogen-bond donors (Lipinski definition) is 0. The molecule has 2 aromatic rings. The Hall–Kier alpha value is -1.97. The largest absolute Gasteiger partial charge is 0.348 e. The fourth-order valence-electron chi connectivity index (χ4n) is 2.64. The van der Waals surface area contributed by atoms with Gasteiger partial charge in [-0.2, -0.15) is 0 Å². The van der Waals surface area contributed by atoms with Crippen LogP contribution in [-0.2, 0) is 16.5 Å². The number of benzene rings is 1. The fourth-order valence-corrected chi connectivity index (χ4v) is 2.64. The molecule has 2 atom stereocenters. The van der Waals surface area contributed by atoms with Crippen molar-refractivity contribution >= 4 is 12.2 Å². The second-order valence-corrected chi connectivity index (χ2v) is 5.95. The predicted octanol–water partition coefficient (Wildman–Crippen LogP) is 3.90. The normalized spacial score (nSPS) is 21.7. The molecule has 0 radical (unpaired) electrons. The molecule has 1 aromatic carbocycles. The predicted molar refractivity (Wildman–Crippen MR) is 91.5 cm³/mol. The number of pyridine rings is 1. The highest BCUT2D eigenvalue weighted by Gasteiger charge is 2.22. The molecule has 0 bridgehead atoms. The second-order valence-electron chi connectivity index (χ2n) is 5.95. The summed E-state index contributed by atoms with van der Waals surface area (Å²) >= 11 is 0. The third kappa shape index (κ3) is 4.27. The van der Waals surface area contributed by atoms with Gasteiger partial charge in [0.2, 0.25) is 0 Å². The highest BCUT2D eigenvalue weighted by molar-refractivity contribution is 5.69. The average molecular weight is 310 g/mol. The molecule has 1 aliphatic rings. The number of hydrogen-bond acceptors (Lipinski definition) is 2. The minimum Gasteiger partial charge on any atom is -0.348 e. The number of aryl methyl sites for hydroxylation is 1. The summed E-state index contributed by atoms with van der Waals surface area (Å²) < 4.78 is 13.7. The molecule has 23 heavy (non-hydrogen) atoms. The molecular weight excluding hydrogens is 286 g/mol. The summed E-state index contributed by atoms with van der Waals surface area (Å²) in [5.74, 6) is 0. The van der Waals surface area contributed by atoms with Gasteiger partial charge < -0.3 is 9.47 Å². The van der Waals surface area contributed by atoms with Crippen LogP contribution in [0, 0.1) is 0 Å². The van der Waals surface area contributed by atoms with Gasteiger partial charge >= 0.3 is 0 Å². The molecule has 0 N–H and O–H groups in total. The lowest BCUT2D eigenvalue weighted by molar-refractivity contribution is -0.671. The van der Waals surface area contributed by atoms with Gasteiger partial charge in [-0.15, -0.1) is 0 Å². The van der Waals surface area contributed by atoms with Crippen LogP contribution in [0.25, 0.3) is 12.2 Å². The van der Waals surface area contributed by atoms with Gasteiger partial charge in [0, 0.05) is 17.7 Å². The Kier molecular flexibility index (Phi) is 5.21. The summed E-state index contributed by atoms with van der Waals surface area (Å²) in [6, 6.07) is 12.6. The molecule has 1 saturated heterocycles. The van der Waals surface area contributed by atoms with Gasteiger partial charge in [-0.05, 0) is 24.0 Å². The maximum absolute atomic E-state index is 5.96. The van der Waals surface area contributed by atoms with E-state index in [2.05, 4.69) is 55.5 Å². The van der Waals surface area contributed by atoms with Crippen LogP contribution in [0.3, 0.4) is 0 Å². The molecule has 1 aliphatic heterocycles. The van der Waals surface area contributed by atoms with Crippen LogP contribution in [0.5, 0.6) is 0 Å². The molecule has 120 valence electrons. The van der Waals surface area contributed by atoms with Gasteiger partial charge in [0.05, 0.1) is 12.7 Å². The third-order valence-corrected chi connectivity index (χ3v) is 4.16. The third-order valence-electron chi connectivity index (χ3n) is 4.16. The first-order valence-electron chi connectivity index (χ1n) is 8.25. The van der Waals surface area contributed by atoms with E-state index in [1.807, 2.05) is 24.0 Å². The van der Waals surface area contributed by atoms with Crippen LogP contribution in [0.2, 0.25) is 0 Å². The molecular formula is C20H24NO2+. The van der Waals surface area contributed by atoms with E-state index < -0.39 is 0 Å². The Morgan fingerprint density at radius 3 is 2.35 bits per heavy atom. The lowest BCUT2D eigenvalue weighted by Crippen LogP contribution is -2.26. The first-order valence-corrected chi connectivity index (χ1v) is 8.25. The van der Waals surface area contributed by atoms with Crippen molar-refractivity contribution in [1.29, 1.82) is 0 Å². The van der Waals surface area contributed by atoms with E-state index in [-0.39, 0.29) is 6.29 Å². The van der Waals surface area contributed by atoms with E-state index in [0.717, 1.165) is 25.0 Å². The summed E-state index contributed by atoms with van der Waals surface area (Å²) in [4.78, 5) is 0. The van der Waals surface area contributed by atoms with Gasteiger partial charge in [-0.3, -0.25) is 0 Å². The summed E-state index contributed by atoms with van der Waals surface area (Å²) in [6.45, 7) is 2.93. The van der Waals surface area contributed by atoms with Gasteiger partial charge in [-0.1, -0.05) is 43.3 Å². The summed E-state index contributed by atoms with van der Waals surface area (Å²) in [5, 5.41) is 0. The number of rotatable bonds is 4. The standard InChI is InChI=1S/C20H24NO2/c1-3-19-12-15-22-20(23-19)18-8-6-16(7-9-18)4-5-17-10-13-21(2)14-11-17/h4-11,13-14,19-20H,3,12,15H2,1-2H3/q+1. The van der Waals surface area contributed by atoms with Crippen molar-refractivity contribution in [2.45, 2.75) is 32.2 Å². The molecule has 3 heteroatoms. The molecule has 0 amide bonds. The van der Waals surface area contributed by atoms with E-state index in [1.165, 1.54) is 11.1 Å². The van der Waals surface area contributed by atoms with Gasteiger partial charge in [0.25, 0.3) is 0 Å². The molecule has 3 rings (SSSR count). The zero-order chi connectivity index (χ0) is 16.1. The Bertz CT molecular complexity index is 646. The van der Waals surface area contributed by atoms with Crippen molar-refractivity contribution in [1.82, 2.24) is 0 Å². The monoisotopic (exact) mass is 310 g/mol. The molecule has 0 aliphatic carbocycles. The number of ether oxygens (including phenoxy) is 2. The maximum Gasteiger partial charge on any atom is 0.184 e. The molecule has 2 unspecified atom stereocenters. The van der Waals surface area contributed by atoms with Crippen molar-refractivity contribution in [3.05, 3.63) is 65.5 Å². The lowest BCUT2D eigenvalue weighted by Gasteiger charge is -2.29. The smallest absolute Gasteiger partial charge is 0.184 e. The Morgan fingerprint density at radius 1 is 1.04 bits per heavy atom. The van der Waals surface area contributed by atoms with Crippen molar-refractivity contribution in [3.8, 4) is 0 Å². The van der Waals surface area contributed by atoms with Crippen LogP contribution in [0.4, 0.5) is 0 Å². The van der Waals surface area contributed by atoms with Crippen molar-refractivity contribution in [2.24, 2.45) is 7.05 Å². The quantitative estimate of drug-likeness (QED) is 0.799. The highest BCUT2D eigenvalue weighted by atomic mass is 16.7. The summed E-state index contributed by atoms with van der Waals surface area (Å²) in [6.07, 6.45) is 10.5. The van der Waals surface area contributed by atoms with E-state index in [0.29, 0.717) is 6.10 Å². The summed E-state index contributed by atoms with van der Waals surface area (Å²) in [5.41, 5.74) is 3.45. The molecule has 1 fully saturated rings. The van der Waals surface area contributed by atoms with E-state index in [9.17, 15) is 0 Å². The van der Waals surface area contributed by atoms with Crippen molar-refractivity contribution < 1.29 is 14.0 Å². The number of aromatic nitrogens is 1. The zero-order valence-electron chi connectivity index (χ0n) is 13.8. The van der Waals surface area contributed by atoms with Crippen LogP contribution in [0.1, 0.15) is 42.7 Å². The van der Waals surface area contributed by atoms with Gasteiger partial charge in [0.15, 0.2) is 18.7 Å². The van der Waals surface area contributed by atoms with Crippen molar-refractivity contribution in [2.75, 3.05) is 6.61 Å². The van der Waals surface area contributed by atoms with Gasteiger partial charge in [-0.25, -0.2) is 4.57 Å². The Labute approximate surface area is 138 Å². The van der Waals surface area contributed by atoms with E-state index in [1.54, 1.807) is 0 Å². The van der Waals surface area contributed by atoms with Crippen LogP contribution in [-0.4, -0.2) is 12.7 Å². The molecule has 0 saturated carbocycles. The average Bonchev–Trinajstić information content (AvgIpc) is 2.62. The number of nitrogens with zero attached hydrogens (tertiary/aromatic N) is 1. The molecule has 1 aromatic heterocycles. The van der Waals surface area contributed by atoms with Crippen LogP contribution < -0.4 is 4.57 Å². The summed E-state index contributed by atoms with van der Waals surface area (Å²) in [7, 11) is 2.02. The van der Waals surface area contributed by atoms with Crippen LogP contribution in [0.15, 0.2) is 48.8 Å². The van der Waals surface area contributed by atoms with Crippen LogP contribution >= 0.6 is 0 Å².